The van der Waals surface area contributed by atoms with Gasteiger partial charge in [-0.2, -0.15) is 5.26 Å². The van der Waals surface area contributed by atoms with E-state index in [9.17, 15) is 0 Å². The summed E-state index contributed by atoms with van der Waals surface area (Å²) in [6, 6.07) is 15.9. The monoisotopic (exact) mass is 352 g/mol. The second kappa shape index (κ2) is 8.59. The Balaban J connectivity index is 1.60. The van der Waals surface area contributed by atoms with Crippen molar-refractivity contribution >= 4 is 0 Å². The Bertz CT molecular complexity index is 768. The lowest BCUT2D eigenvalue weighted by atomic mass is 10.0. The van der Waals surface area contributed by atoms with Gasteiger partial charge in [0, 0.05) is 12.6 Å². The fourth-order valence-corrected chi connectivity index (χ4v) is 3.44. The average Bonchev–Trinajstić information content (AvgIpc) is 3.16. The maximum atomic E-state index is 8.84. The molecule has 0 aromatic heterocycles. The van der Waals surface area contributed by atoms with Gasteiger partial charge < -0.3 is 14.2 Å². The fourth-order valence-electron chi connectivity index (χ4n) is 3.44. The standard InChI is InChI=1S/C21H24N2O3/c1-24-20-10-7-17(14-21(20)25-2)19-4-3-11-23(19)12-13-26-18-8-5-16(15-22)6-9-18/h5-10,14,19H,3-4,11-13H2,1-2H3/t19-/m1/s1. The molecular weight excluding hydrogens is 328 g/mol. The molecule has 0 aliphatic carbocycles. The zero-order valence-corrected chi connectivity index (χ0v) is 15.3. The van der Waals surface area contributed by atoms with Gasteiger partial charge in [-0.15, -0.1) is 0 Å². The smallest absolute Gasteiger partial charge is 0.161 e. The van der Waals surface area contributed by atoms with Crippen molar-refractivity contribution in [1.29, 1.82) is 5.26 Å². The molecule has 5 nitrogen and oxygen atoms in total. The van der Waals surface area contributed by atoms with Gasteiger partial charge in [0.05, 0.1) is 25.9 Å². The van der Waals surface area contributed by atoms with Crippen LogP contribution in [0.5, 0.6) is 17.2 Å². The minimum Gasteiger partial charge on any atom is -0.493 e. The zero-order valence-electron chi connectivity index (χ0n) is 15.3. The molecule has 0 saturated carbocycles. The lowest BCUT2D eigenvalue weighted by Crippen LogP contribution is -2.28. The number of ether oxygens (including phenoxy) is 3. The van der Waals surface area contributed by atoms with Crippen LogP contribution in [0.4, 0.5) is 0 Å². The summed E-state index contributed by atoms with van der Waals surface area (Å²) in [7, 11) is 3.32. The third kappa shape index (κ3) is 4.09. The Labute approximate surface area is 154 Å². The van der Waals surface area contributed by atoms with Crippen molar-refractivity contribution in [2.24, 2.45) is 0 Å². The molecule has 1 aliphatic rings. The molecule has 0 N–H and O–H groups in total. The van der Waals surface area contributed by atoms with Gasteiger partial charge >= 0.3 is 0 Å². The second-order valence-corrected chi connectivity index (χ2v) is 6.29. The molecule has 0 amide bonds. The van der Waals surface area contributed by atoms with Gasteiger partial charge in [-0.25, -0.2) is 0 Å². The molecule has 0 unspecified atom stereocenters. The molecule has 2 aromatic rings. The van der Waals surface area contributed by atoms with E-state index >= 15 is 0 Å². The van der Waals surface area contributed by atoms with Gasteiger partial charge in [0.25, 0.3) is 0 Å². The van der Waals surface area contributed by atoms with Crippen LogP contribution in [0.3, 0.4) is 0 Å². The molecule has 0 spiro atoms. The van der Waals surface area contributed by atoms with Crippen LogP contribution in [0.1, 0.15) is 30.0 Å². The largest absolute Gasteiger partial charge is 0.493 e. The van der Waals surface area contributed by atoms with Crippen LogP contribution in [-0.4, -0.2) is 38.8 Å². The Morgan fingerprint density at radius 2 is 1.85 bits per heavy atom. The maximum absolute atomic E-state index is 8.84. The third-order valence-corrected chi connectivity index (χ3v) is 4.79. The minimum absolute atomic E-state index is 0.374. The number of hydrogen-bond acceptors (Lipinski definition) is 5. The van der Waals surface area contributed by atoms with Crippen molar-refractivity contribution in [2.75, 3.05) is 33.9 Å². The van der Waals surface area contributed by atoms with Gasteiger partial charge in [-0.1, -0.05) is 6.07 Å². The third-order valence-electron chi connectivity index (χ3n) is 4.79. The molecule has 3 rings (SSSR count). The Morgan fingerprint density at radius 1 is 1.08 bits per heavy atom. The van der Waals surface area contributed by atoms with E-state index in [1.165, 1.54) is 12.0 Å². The molecular formula is C21H24N2O3. The highest BCUT2D eigenvalue weighted by Gasteiger charge is 2.26. The fraction of sp³-hybridized carbons (Fsp3) is 0.381. The number of nitriles is 1. The van der Waals surface area contributed by atoms with Crippen LogP contribution in [0, 0.1) is 11.3 Å². The SMILES string of the molecule is COc1ccc([C@H]2CCCN2CCOc2ccc(C#N)cc2)cc1OC. The lowest BCUT2D eigenvalue weighted by molar-refractivity contribution is 0.197. The molecule has 0 bridgehead atoms. The van der Waals surface area contributed by atoms with E-state index in [4.69, 9.17) is 19.5 Å². The highest BCUT2D eigenvalue weighted by Crippen LogP contribution is 2.36. The molecule has 0 radical (unpaired) electrons. The molecule has 136 valence electrons. The summed E-state index contributed by atoms with van der Waals surface area (Å²) < 4.78 is 16.6. The molecule has 1 heterocycles. The Hall–Kier alpha value is -2.71. The number of benzene rings is 2. The van der Waals surface area contributed by atoms with Crippen LogP contribution in [0.2, 0.25) is 0 Å². The van der Waals surface area contributed by atoms with E-state index in [2.05, 4.69) is 23.1 Å². The van der Waals surface area contributed by atoms with Gasteiger partial charge in [-0.3, -0.25) is 4.90 Å². The normalized spacial score (nSPS) is 16.9. The summed E-state index contributed by atoms with van der Waals surface area (Å²) in [5.41, 5.74) is 1.89. The van der Waals surface area contributed by atoms with E-state index in [1.54, 1.807) is 26.4 Å². The minimum atomic E-state index is 0.374. The summed E-state index contributed by atoms with van der Waals surface area (Å²) in [5.74, 6) is 2.32. The first-order valence-electron chi connectivity index (χ1n) is 8.84. The molecule has 1 saturated heterocycles. The Morgan fingerprint density at radius 3 is 2.54 bits per heavy atom. The predicted octanol–water partition coefficient (Wildman–Crippen LogP) is 3.79. The first kappa shape index (κ1) is 18.1. The van der Waals surface area contributed by atoms with Crippen molar-refractivity contribution in [3.8, 4) is 23.3 Å². The van der Waals surface area contributed by atoms with Crippen LogP contribution in [-0.2, 0) is 0 Å². The average molecular weight is 352 g/mol. The highest BCUT2D eigenvalue weighted by atomic mass is 16.5. The van der Waals surface area contributed by atoms with E-state index < -0.39 is 0 Å². The van der Waals surface area contributed by atoms with Gasteiger partial charge in [0.1, 0.15) is 12.4 Å². The van der Waals surface area contributed by atoms with Crippen molar-refractivity contribution in [2.45, 2.75) is 18.9 Å². The van der Waals surface area contributed by atoms with Crippen LogP contribution in [0.15, 0.2) is 42.5 Å². The lowest BCUT2D eigenvalue weighted by Gasteiger charge is -2.25. The summed E-state index contributed by atoms with van der Waals surface area (Å²) in [5, 5.41) is 8.84. The molecule has 5 heteroatoms. The van der Waals surface area contributed by atoms with Gasteiger partial charge in [-0.05, 0) is 61.3 Å². The second-order valence-electron chi connectivity index (χ2n) is 6.29. The van der Waals surface area contributed by atoms with Crippen LogP contribution in [0.25, 0.3) is 0 Å². The van der Waals surface area contributed by atoms with E-state index in [0.717, 1.165) is 36.8 Å². The summed E-state index contributed by atoms with van der Waals surface area (Å²) in [6.45, 7) is 2.55. The van der Waals surface area contributed by atoms with Crippen molar-refractivity contribution in [3.63, 3.8) is 0 Å². The van der Waals surface area contributed by atoms with Crippen molar-refractivity contribution in [3.05, 3.63) is 53.6 Å². The zero-order chi connectivity index (χ0) is 18.4. The summed E-state index contributed by atoms with van der Waals surface area (Å²) in [4.78, 5) is 2.45. The molecule has 1 aliphatic heterocycles. The summed E-state index contributed by atoms with van der Waals surface area (Å²) in [6.07, 6.45) is 2.31. The molecule has 26 heavy (non-hydrogen) atoms. The van der Waals surface area contributed by atoms with Gasteiger partial charge in [0.15, 0.2) is 11.5 Å². The van der Waals surface area contributed by atoms with E-state index in [-0.39, 0.29) is 0 Å². The number of nitrogens with zero attached hydrogens (tertiary/aromatic N) is 2. The summed E-state index contributed by atoms with van der Waals surface area (Å²) >= 11 is 0. The van der Waals surface area contributed by atoms with Crippen molar-refractivity contribution < 1.29 is 14.2 Å². The van der Waals surface area contributed by atoms with E-state index in [1.807, 2.05) is 18.2 Å². The number of rotatable bonds is 7. The quantitative estimate of drug-likeness (QED) is 0.759. The maximum Gasteiger partial charge on any atom is 0.161 e. The Kier molecular flexibility index (Phi) is 5.98. The number of hydrogen-bond donors (Lipinski definition) is 0. The number of likely N-dealkylation sites (tertiary alicyclic amines) is 1. The number of methoxy groups -OCH3 is 2. The van der Waals surface area contributed by atoms with Crippen molar-refractivity contribution in [1.82, 2.24) is 4.90 Å². The van der Waals surface area contributed by atoms with E-state index in [0.29, 0.717) is 18.2 Å². The molecule has 1 atom stereocenters. The predicted molar refractivity (Wildman–Crippen MR) is 99.7 cm³/mol. The first-order valence-corrected chi connectivity index (χ1v) is 8.84. The molecule has 1 fully saturated rings. The van der Waals surface area contributed by atoms with Crippen LogP contribution < -0.4 is 14.2 Å². The topological polar surface area (TPSA) is 54.7 Å². The van der Waals surface area contributed by atoms with Gasteiger partial charge in [0.2, 0.25) is 0 Å². The highest BCUT2D eigenvalue weighted by molar-refractivity contribution is 5.44. The first-order chi connectivity index (χ1) is 12.7. The molecule has 2 aromatic carbocycles. The van der Waals surface area contributed by atoms with Crippen LogP contribution >= 0.6 is 0 Å².